The number of benzene rings is 2. The number of carbonyl (C=O) groups is 1. The molecule has 1 saturated carbocycles. The molecule has 0 unspecified atom stereocenters. The number of hydrogen-bond donors (Lipinski definition) is 1. The Balaban J connectivity index is 1.52. The SMILES string of the molecule is O=C(COc1ccc2ccccc2c1)N[C@H]1CCC[C@H](C(F)(F)F)C1. The van der Waals surface area contributed by atoms with Gasteiger partial charge in [0.25, 0.3) is 5.91 Å². The number of ether oxygens (including phenoxy) is 1. The summed E-state index contributed by atoms with van der Waals surface area (Å²) in [6.07, 6.45) is -3.05. The maximum Gasteiger partial charge on any atom is 0.391 e. The van der Waals surface area contributed by atoms with Crippen LogP contribution in [-0.4, -0.2) is 24.7 Å². The second-order valence-corrected chi connectivity index (χ2v) is 6.47. The number of hydrogen-bond acceptors (Lipinski definition) is 2. The Morgan fingerprint density at radius 2 is 1.88 bits per heavy atom. The van der Waals surface area contributed by atoms with Crippen LogP contribution in [0.3, 0.4) is 0 Å². The Bertz CT molecular complexity index is 745. The lowest BCUT2D eigenvalue weighted by Gasteiger charge is -2.31. The molecule has 6 heteroatoms. The second kappa shape index (κ2) is 7.33. The third-order valence-electron chi connectivity index (χ3n) is 4.59. The van der Waals surface area contributed by atoms with Gasteiger partial charge < -0.3 is 10.1 Å². The average molecular weight is 351 g/mol. The number of halogens is 3. The smallest absolute Gasteiger partial charge is 0.391 e. The van der Waals surface area contributed by atoms with E-state index in [0.717, 1.165) is 10.8 Å². The predicted octanol–water partition coefficient (Wildman–Crippen LogP) is 4.46. The number of rotatable bonds is 4. The van der Waals surface area contributed by atoms with Crippen LogP contribution in [-0.2, 0) is 4.79 Å². The summed E-state index contributed by atoms with van der Waals surface area (Å²) in [5, 5.41) is 4.73. The highest BCUT2D eigenvalue weighted by molar-refractivity contribution is 5.84. The number of amides is 1. The molecule has 0 aliphatic heterocycles. The molecule has 1 aliphatic rings. The molecule has 0 spiro atoms. The molecule has 3 nitrogen and oxygen atoms in total. The third kappa shape index (κ3) is 4.65. The van der Waals surface area contributed by atoms with E-state index in [2.05, 4.69) is 5.32 Å². The van der Waals surface area contributed by atoms with E-state index >= 15 is 0 Å². The van der Waals surface area contributed by atoms with E-state index < -0.39 is 18.1 Å². The van der Waals surface area contributed by atoms with Crippen LogP contribution >= 0.6 is 0 Å². The first-order valence-corrected chi connectivity index (χ1v) is 8.39. The summed E-state index contributed by atoms with van der Waals surface area (Å²) in [7, 11) is 0. The minimum atomic E-state index is -4.19. The fourth-order valence-electron chi connectivity index (χ4n) is 3.29. The zero-order chi connectivity index (χ0) is 17.9. The van der Waals surface area contributed by atoms with Crippen molar-refractivity contribution < 1.29 is 22.7 Å². The average Bonchev–Trinajstić information content (AvgIpc) is 2.59. The zero-order valence-corrected chi connectivity index (χ0v) is 13.7. The van der Waals surface area contributed by atoms with Crippen LogP contribution in [0.15, 0.2) is 42.5 Å². The van der Waals surface area contributed by atoms with Gasteiger partial charge in [0.05, 0.1) is 5.92 Å². The number of alkyl halides is 3. The lowest BCUT2D eigenvalue weighted by Crippen LogP contribution is -2.43. The van der Waals surface area contributed by atoms with Crippen molar-refractivity contribution in [2.45, 2.75) is 37.9 Å². The van der Waals surface area contributed by atoms with Crippen molar-refractivity contribution in [1.29, 1.82) is 0 Å². The van der Waals surface area contributed by atoms with Crippen LogP contribution in [0.25, 0.3) is 10.8 Å². The molecule has 0 radical (unpaired) electrons. The first kappa shape index (κ1) is 17.6. The molecule has 2 aromatic rings. The van der Waals surface area contributed by atoms with Crippen molar-refractivity contribution in [3.05, 3.63) is 42.5 Å². The molecule has 134 valence electrons. The van der Waals surface area contributed by atoms with E-state index in [1.165, 1.54) is 0 Å². The summed E-state index contributed by atoms with van der Waals surface area (Å²) in [5.41, 5.74) is 0. The summed E-state index contributed by atoms with van der Waals surface area (Å²) in [5.74, 6) is -1.15. The summed E-state index contributed by atoms with van der Waals surface area (Å²) in [4.78, 5) is 12.0. The van der Waals surface area contributed by atoms with E-state index in [1.54, 1.807) is 6.07 Å². The van der Waals surface area contributed by atoms with Crippen LogP contribution in [0.4, 0.5) is 13.2 Å². The van der Waals surface area contributed by atoms with E-state index in [9.17, 15) is 18.0 Å². The molecule has 1 fully saturated rings. The second-order valence-electron chi connectivity index (χ2n) is 6.47. The normalized spacial score (nSPS) is 21.1. The molecule has 1 aliphatic carbocycles. The molecule has 0 heterocycles. The van der Waals surface area contributed by atoms with Crippen LogP contribution < -0.4 is 10.1 Å². The molecule has 25 heavy (non-hydrogen) atoms. The van der Waals surface area contributed by atoms with Gasteiger partial charge in [-0.3, -0.25) is 4.79 Å². The van der Waals surface area contributed by atoms with E-state index in [-0.39, 0.29) is 25.4 Å². The third-order valence-corrected chi connectivity index (χ3v) is 4.59. The highest BCUT2D eigenvalue weighted by atomic mass is 19.4. The summed E-state index contributed by atoms with van der Waals surface area (Å²) >= 11 is 0. The maximum absolute atomic E-state index is 12.8. The number of carbonyl (C=O) groups excluding carboxylic acids is 1. The fraction of sp³-hybridized carbons (Fsp3) is 0.421. The van der Waals surface area contributed by atoms with Gasteiger partial charge in [-0.1, -0.05) is 36.8 Å². The summed E-state index contributed by atoms with van der Waals surface area (Å²) in [6, 6.07) is 12.9. The van der Waals surface area contributed by atoms with Crippen LogP contribution in [0.2, 0.25) is 0 Å². The number of nitrogens with one attached hydrogen (secondary N) is 1. The van der Waals surface area contributed by atoms with Gasteiger partial charge in [0.2, 0.25) is 0 Å². The molecular weight excluding hydrogens is 331 g/mol. The van der Waals surface area contributed by atoms with Gasteiger partial charge in [-0.25, -0.2) is 0 Å². The molecule has 0 saturated heterocycles. The van der Waals surface area contributed by atoms with Crippen molar-refractivity contribution >= 4 is 16.7 Å². The van der Waals surface area contributed by atoms with Gasteiger partial charge in [-0.15, -0.1) is 0 Å². The molecular formula is C19H20F3NO2. The van der Waals surface area contributed by atoms with Crippen molar-refractivity contribution in [1.82, 2.24) is 5.32 Å². The van der Waals surface area contributed by atoms with Crippen LogP contribution in [0.5, 0.6) is 5.75 Å². The number of fused-ring (bicyclic) bond motifs is 1. The molecule has 1 amide bonds. The Morgan fingerprint density at radius 3 is 2.64 bits per heavy atom. The first-order chi connectivity index (χ1) is 11.9. The lowest BCUT2D eigenvalue weighted by atomic mass is 9.85. The van der Waals surface area contributed by atoms with Crippen molar-refractivity contribution in [2.24, 2.45) is 5.92 Å². The standard InChI is InChI=1S/C19H20F3NO2/c20-19(21,22)15-6-3-7-16(11-15)23-18(24)12-25-17-9-8-13-4-1-2-5-14(13)10-17/h1-2,4-5,8-10,15-16H,3,6-7,11-12H2,(H,23,24)/t15-,16-/m0/s1. The highest BCUT2D eigenvalue weighted by Gasteiger charge is 2.42. The van der Waals surface area contributed by atoms with Gasteiger partial charge >= 0.3 is 6.18 Å². The zero-order valence-electron chi connectivity index (χ0n) is 13.7. The van der Waals surface area contributed by atoms with Crippen molar-refractivity contribution in [3.8, 4) is 5.75 Å². The lowest BCUT2D eigenvalue weighted by molar-refractivity contribution is -0.184. The van der Waals surface area contributed by atoms with Crippen LogP contribution in [0.1, 0.15) is 25.7 Å². The predicted molar refractivity (Wildman–Crippen MR) is 89.4 cm³/mol. The van der Waals surface area contributed by atoms with Crippen molar-refractivity contribution in [2.75, 3.05) is 6.61 Å². The maximum atomic E-state index is 12.8. The molecule has 2 aromatic carbocycles. The Labute approximate surface area is 144 Å². The van der Waals surface area contributed by atoms with Crippen molar-refractivity contribution in [3.63, 3.8) is 0 Å². The Morgan fingerprint density at radius 1 is 1.12 bits per heavy atom. The Hall–Kier alpha value is -2.24. The largest absolute Gasteiger partial charge is 0.484 e. The van der Waals surface area contributed by atoms with Gasteiger partial charge in [0.1, 0.15) is 5.75 Å². The minimum Gasteiger partial charge on any atom is -0.484 e. The molecule has 0 bridgehead atoms. The highest BCUT2D eigenvalue weighted by Crippen LogP contribution is 2.37. The fourth-order valence-corrected chi connectivity index (χ4v) is 3.29. The van der Waals surface area contributed by atoms with Crippen LogP contribution in [0, 0.1) is 5.92 Å². The van der Waals surface area contributed by atoms with Gasteiger partial charge in [-0.05, 0) is 42.2 Å². The molecule has 0 aromatic heterocycles. The molecule has 2 atom stereocenters. The summed E-state index contributed by atoms with van der Waals surface area (Å²) in [6.45, 7) is -0.203. The minimum absolute atomic E-state index is 0.0504. The monoisotopic (exact) mass is 351 g/mol. The topological polar surface area (TPSA) is 38.3 Å². The summed E-state index contributed by atoms with van der Waals surface area (Å²) < 4.78 is 43.9. The first-order valence-electron chi connectivity index (χ1n) is 8.39. The molecule has 1 N–H and O–H groups in total. The van der Waals surface area contributed by atoms with E-state index in [0.29, 0.717) is 18.6 Å². The Kier molecular flexibility index (Phi) is 5.16. The van der Waals surface area contributed by atoms with Gasteiger partial charge in [0.15, 0.2) is 6.61 Å². The molecule has 3 rings (SSSR count). The van der Waals surface area contributed by atoms with E-state index in [1.807, 2.05) is 36.4 Å². The van der Waals surface area contributed by atoms with E-state index in [4.69, 9.17) is 4.74 Å². The quantitative estimate of drug-likeness (QED) is 0.883. The van der Waals surface area contributed by atoms with Gasteiger partial charge in [-0.2, -0.15) is 13.2 Å². The van der Waals surface area contributed by atoms with Gasteiger partial charge in [0, 0.05) is 6.04 Å².